The Bertz CT molecular complexity index is 485. The molecule has 2 N–H and O–H groups in total. The Labute approximate surface area is 121 Å². The van der Waals surface area contributed by atoms with E-state index in [0.717, 1.165) is 25.1 Å². The summed E-state index contributed by atoms with van der Waals surface area (Å²) in [4.78, 5) is 11.9. The second kappa shape index (κ2) is 6.45. The number of benzene rings is 1. The zero-order chi connectivity index (χ0) is 14.0. The lowest BCUT2D eigenvalue weighted by Crippen LogP contribution is -2.35. The maximum atomic E-state index is 12.6. The molecule has 1 fully saturated rings. The number of rotatable bonds is 2. The summed E-state index contributed by atoms with van der Waals surface area (Å²) >= 11 is 0. The van der Waals surface area contributed by atoms with Crippen molar-refractivity contribution in [2.45, 2.75) is 32.0 Å². The molecule has 0 aliphatic carbocycles. The lowest BCUT2D eigenvalue weighted by molar-refractivity contribution is -0.137. The number of anilines is 1. The van der Waals surface area contributed by atoms with Crippen molar-refractivity contribution in [3.8, 4) is 0 Å². The Kier molecular flexibility index (Phi) is 5.42. The topological polar surface area (TPSA) is 41.1 Å². The van der Waals surface area contributed by atoms with Gasteiger partial charge in [-0.1, -0.05) is 6.07 Å². The van der Waals surface area contributed by atoms with Crippen LogP contribution in [0.2, 0.25) is 0 Å². The number of hydrogen-bond donors (Lipinski definition) is 2. The molecule has 0 aromatic heterocycles. The summed E-state index contributed by atoms with van der Waals surface area (Å²) < 4.78 is 37.8. The first kappa shape index (κ1) is 16.8. The molecule has 0 bridgehead atoms. The minimum absolute atomic E-state index is 0. The van der Waals surface area contributed by atoms with Gasteiger partial charge < -0.3 is 10.6 Å². The molecule has 3 nitrogen and oxygen atoms in total. The molecule has 0 unspecified atom stereocenters. The summed E-state index contributed by atoms with van der Waals surface area (Å²) in [7, 11) is 0. The normalized spacial score (nSPS) is 18.5. The minimum atomic E-state index is -4.40. The molecular weight excluding hydrogens is 293 g/mol. The molecule has 1 atom stereocenters. The van der Waals surface area contributed by atoms with Crippen LogP contribution >= 0.6 is 12.4 Å². The van der Waals surface area contributed by atoms with E-state index < -0.39 is 11.7 Å². The van der Waals surface area contributed by atoms with Gasteiger partial charge in [0.25, 0.3) is 0 Å². The maximum absolute atomic E-state index is 12.6. The van der Waals surface area contributed by atoms with Gasteiger partial charge in [0, 0.05) is 5.69 Å². The van der Waals surface area contributed by atoms with Crippen LogP contribution in [0, 0.1) is 6.92 Å². The number of carbonyl (C=O) groups is 1. The SMILES string of the molecule is Cc1ccc(C(F)(F)F)cc1NC(=O)[C@@H]1CCCN1.Cl. The summed E-state index contributed by atoms with van der Waals surface area (Å²) in [5, 5.41) is 5.57. The van der Waals surface area contributed by atoms with Gasteiger partial charge in [-0.2, -0.15) is 13.2 Å². The largest absolute Gasteiger partial charge is 0.416 e. The number of halogens is 4. The number of carbonyl (C=O) groups excluding carboxylic acids is 1. The maximum Gasteiger partial charge on any atom is 0.416 e. The van der Waals surface area contributed by atoms with Crippen molar-refractivity contribution in [3.63, 3.8) is 0 Å². The summed E-state index contributed by atoms with van der Waals surface area (Å²) in [6, 6.07) is 3.04. The molecule has 1 saturated heterocycles. The fourth-order valence-electron chi connectivity index (χ4n) is 2.06. The molecule has 1 aliphatic heterocycles. The summed E-state index contributed by atoms with van der Waals surface area (Å²) in [5.74, 6) is -0.278. The van der Waals surface area contributed by atoms with E-state index >= 15 is 0 Å². The number of aryl methyl sites for hydroxylation is 1. The van der Waals surface area contributed by atoms with Crippen LogP contribution in [0.4, 0.5) is 18.9 Å². The van der Waals surface area contributed by atoms with Gasteiger partial charge in [0.1, 0.15) is 0 Å². The molecule has 1 aromatic carbocycles. The molecule has 1 aromatic rings. The van der Waals surface area contributed by atoms with Crippen LogP contribution < -0.4 is 10.6 Å². The van der Waals surface area contributed by atoms with Gasteiger partial charge >= 0.3 is 6.18 Å². The van der Waals surface area contributed by atoms with Crippen molar-refractivity contribution in [3.05, 3.63) is 29.3 Å². The zero-order valence-electron chi connectivity index (χ0n) is 10.9. The van der Waals surface area contributed by atoms with Gasteiger partial charge in [-0.15, -0.1) is 12.4 Å². The van der Waals surface area contributed by atoms with E-state index in [2.05, 4.69) is 10.6 Å². The number of nitrogens with one attached hydrogen (secondary N) is 2. The summed E-state index contributed by atoms with van der Waals surface area (Å²) in [6.07, 6.45) is -2.79. The fourth-order valence-corrected chi connectivity index (χ4v) is 2.06. The molecule has 0 spiro atoms. The van der Waals surface area contributed by atoms with Crippen LogP contribution in [-0.2, 0) is 11.0 Å². The van der Waals surface area contributed by atoms with Gasteiger partial charge in [-0.25, -0.2) is 0 Å². The highest BCUT2D eigenvalue weighted by Crippen LogP contribution is 2.32. The van der Waals surface area contributed by atoms with Crippen LogP contribution in [-0.4, -0.2) is 18.5 Å². The van der Waals surface area contributed by atoms with Crippen molar-refractivity contribution in [2.24, 2.45) is 0 Å². The predicted molar refractivity (Wildman–Crippen MR) is 73.1 cm³/mol. The lowest BCUT2D eigenvalue weighted by atomic mass is 10.1. The zero-order valence-corrected chi connectivity index (χ0v) is 11.7. The molecule has 1 aliphatic rings. The molecule has 7 heteroatoms. The van der Waals surface area contributed by atoms with E-state index in [4.69, 9.17) is 0 Å². The van der Waals surface area contributed by atoms with Gasteiger partial charge in [0.2, 0.25) is 5.91 Å². The Morgan fingerprint density at radius 2 is 2.10 bits per heavy atom. The van der Waals surface area contributed by atoms with Crippen molar-refractivity contribution in [1.29, 1.82) is 0 Å². The van der Waals surface area contributed by atoms with E-state index in [9.17, 15) is 18.0 Å². The molecule has 1 heterocycles. The van der Waals surface area contributed by atoms with Crippen LogP contribution in [0.15, 0.2) is 18.2 Å². The van der Waals surface area contributed by atoms with Crippen LogP contribution in [0.25, 0.3) is 0 Å². The second-order valence-corrected chi connectivity index (χ2v) is 4.67. The number of alkyl halides is 3. The molecular formula is C13H16ClF3N2O. The first-order valence-electron chi connectivity index (χ1n) is 6.10. The first-order valence-corrected chi connectivity index (χ1v) is 6.10. The van der Waals surface area contributed by atoms with E-state index in [1.165, 1.54) is 6.07 Å². The highest BCUT2D eigenvalue weighted by molar-refractivity contribution is 5.95. The molecule has 0 radical (unpaired) electrons. The van der Waals surface area contributed by atoms with E-state index in [0.29, 0.717) is 12.0 Å². The number of hydrogen-bond acceptors (Lipinski definition) is 2. The third kappa shape index (κ3) is 3.86. The van der Waals surface area contributed by atoms with Crippen LogP contribution in [0.3, 0.4) is 0 Å². The Balaban J connectivity index is 0.00000200. The van der Waals surface area contributed by atoms with Crippen LogP contribution in [0.1, 0.15) is 24.0 Å². The third-order valence-corrected chi connectivity index (χ3v) is 3.20. The number of amides is 1. The standard InChI is InChI=1S/C13H15F3N2O.ClH/c1-8-4-5-9(13(14,15)16)7-11(8)18-12(19)10-3-2-6-17-10;/h4-5,7,10,17H,2-3,6H2,1H3,(H,18,19);1H/t10-;/m0./s1. The molecule has 2 rings (SSSR count). The summed E-state index contributed by atoms with van der Waals surface area (Å²) in [6.45, 7) is 2.43. The fraction of sp³-hybridized carbons (Fsp3) is 0.462. The smallest absolute Gasteiger partial charge is 0.324 e. The second-order valence-electron chi connectivity index (χ2n) is 4.67. The van der Waals surface area contributed by atoms with Gasteiger partial charge in [-0.05, 0) is 44.0 Å². The van der Waals surface area contributed by atoms with Crippen molar-refractivity contribution < 1.29 is 18.0 Å². The van der Waals surface area contributed by atoms with Gasteiger partial charge in [-0.3, -0.25) is 4.79 Å². The Morgan fingerprint density at radius 1 is 1.40 bits per heavy atom. The quantitative estimate of drug-likeness (QED) is 0.881. The highest BCUT2D eigenvalue weighted by atomic mass is 35.5. The predicted octanol–water partition coefficient (Wildman–Crippen LogP) is 3.13. The average molecular weight is 309 g/mol. The summed E-state index contributed by atoms with van der Waals surface area (Å²) in [5.41, 5.74) is 0.0700. The monoisotopic (exact) mass is 308 g/mol. The van der Waals surface area contributed by atoms with Crippen LogP contribution in [0.5, 0.6) is 0 Å². The van der Waals surface area contributed by atoms with Crippen molar-refractivity contribution in [1.82, 2.24) is 5.32 Å². The van der Waals surface area contributed by atoms with Gasteiger partial charge in [0.15, 0.2) is 0 Å². The molecule has 112 valence electrons. The first-order chi connectivity index (χ1) is 8.88. The van der Waals surface area contributed by atoms with E-state index in [1.807, 2.05) is 0 Å². The minimum Gasteiger partial charge on any atom is -0.324 e. The third-order valence-electron chi connectivity index (χ3n) is 3.20. The Morgan fingerprint density at radius 3 is 2.65 bits per heavy atom. The van der Waals surface area contributed by atoms with Gasteiger partial charge in [0.05, 0.1) is 11.6 Å². The van der Waals surface area contributed by atoms with Crippen molar-refractivity contribution in [2.75, 3.05) is 11.9 Å². The Hall–Kier alpha value is -1.27. The average Bonchev–Trinajstić information content (AvgIpc) is 2.84. The highest BCUT2D eigenvalue weighted by Gasteiger charge is 2.31. The molecule has 1 amide bonds. The lowest BCUT2D eigenvalue weighted by Gasteiger charge is -2.15. The van der Waals surface area contributed by atoms with Crippen molar-refractivity contribution >= 4 is 24.0 Å². The van der Waals surface area contributed by atoms with E-state index in [1.54, 1.807) is 6.92 Å². The van der Waals surface area contributed by atoms with E-state index in [-0.39, 0.29) is 30.0 Å². The molecule has 0 saturated carbocycles. The molecule has 20 heavy (non-hydrogen) atoms.